The summed E-state index contributed by atoms with van der Waals surface area (Å²) >= 11 is 0. The van der Waals surface area contributed by atoms with Crippen LogP contribution in [0.15, 0.2) is 24.3 Å². The molecule has 0 aliphatic carbocycles. The second kappa shape index (κ2) is 5.82. The van der Waals surface area contributed by atoms with Crippen molar-refractivity contribution in [3.63, 3.8) is 0 Å². The highest BCUT2D eigenvalue weighted by Gasteiger charge is 2.26. The molecule has 0 saturated carbocycles. The first-order valence-electron chi connectivity index (χ1n) is 7.33. The maximum Gasteiger partial charge on any atom is 0.135 e. The van der Waals surface area contributed by atoms with Gasteiger partial charge in [-0.3, -0.25) is 0 Å². The Hall–Kier alpha value is -1.72. The summed E-state index contributed by atoms with van der Waals surface area (Å²) in [6.07, 6.45) is 0. The molecule has 0 fully saturated rings. The Bertz CT molecular complexity index is 726. The number of halogens is 1. The van der Waals surface area contributed by atoms with Crippen molar-refractivity contribution in [2.45, 2.75) is 39.3 Å². The zero-order valence-corrected chi connectivity index (χ0v) is 16.0. The van der Waals surface area contributed by atoms with Crippen molar-refractivity contribution >= 4 is 21.5 Å². The van der Waals surface area contributed by atoms with E-state index in [9.17, 15) is 4.39 Å². The minimum Gasteiger partial charge on any atom is -0.207 e. The summed E-state index contributed by atoms with van der Waals surface area (Å²) in [6.45, 7) is 13.3. The van der Waals surface area contributed by atoms with Crippen molar-refractivity contribution in [1.82, 2.24) is 15.0 Å². The SMILES string of the molecule is C[Si](C)(C)C#Cc1c([Si](C)(C)C)nnn1-c1ccc(F)cc1. The van der Waals surface area contributed by atoms with E-state index in [1.807, 2.05) is 0 Å². The van der Waals surface area contributed by atoms with E-state index in [4.69, 9.17) is 0 Å². The lowest BCUT2D eigenvalue weighted by atomic mass is 10.3. The van der Waals surface area contributed by atoms with E-state index in [1.165, 1.54) is 12.1 Å². The van der Waals surface area contributed by atoms with E-state index in [-0.39, 0.29) is 5.82 Å². The van der Waals surface area contributed by atoms with Gasteiger partial charge in [0.1, 0.15) is 27.7 Å². The number of benzene rings is 1. The lowest BCUT2D eigenvalue weighted by Gasteiger charge is -2.13. The average Bonchev–Trinajstić information content (AvgIpc) is 2.80. The smallest absolute Gasteiger partial charge is 0.135 e. The Morgan fingerprint density at radius 3 is 2.09 bits per heavy atom. The normalized spacial score (nSPS) is 12.0. The quantitative estimate of drug-likeness (QED) is 0.625. The van der Waals surface area contributed by atoms with E-state index in [1.54, 1.807) is 16.8 Å². The molecule has 0 atom stereocenters. The molecule has 2 aromatic rings. The minimum absolute atomic E-state index is 0.260. The van der Waals surface area contributed by atoms with Crippen molar-refractivity contribution < 1.29 is 4.39 Å². The molecule has 1 heterocycles. The summed E-state index contributed by atoms with van der Waals surface area (Å²) in [5, 5.41) is 9.66. The van der Waals surface area contributed by atoms with Gasteiger partial charge in [-0.2, -0.15) is 0 Å². The lowest BCUT2D eigenvalue weighted by Crippen LogP contribution is -2.41. The zero-order valence-electron chi connectivity index (χ0n) is 14.0. The first-order valence-corrected chi connectivity index (χ1v) is 14.3. The van der Waals surface area contributed by atoms with E-state index < -0.39 is 16.1 Å². The molecule has 116 valence electrons. The van der Waals surface area contributed by atoms with Gasteiger partial charge in [0.2, 0.25) is 0 Å². The third-order valence-corrected chi connectivity index (χ3v) is 5.64. The van der Waals surface area contributed by atoms with E-state index >= 15 is 0 Å². The molecular formula is C16H22FN3Si2. The summed E-state index contributed by atoms with van der Waals surface area (Å²) in [4.78, 5) is 0. The van der Waals surface area contributed by atoms with Crippen LogP contribution in [-0.4, -0.2) is 31.1 Å². The predicted molar refractivity (Wildman–Crippen MR) is 94.5 cm³/mol. The Morgan fingerprint density at radius 2 is 1.59 bits per heavy atom. The molecule has 3 nitrogen and oxygen atoms in total. The Labute approximate surface area is 133 Å². The van der Waals surface area contributed by atoms with Crippen LogP contribution in [0.25, 0.3) is 5.69 Å². The van der Waals surface area contributed by atoms with Gasteiger partial charge in [-0.05, 0) is 24.3 Å². The average molecular weight is 332 g/mol. The van der Waals surface area contributed by atoms with E-state index in [0.29, 0.717) is 0 Å². The molecule has 6 heteroatoms. The predicted octanol–water partition coefficient (Wildman–Crippen LogP) is 3.18. The van der Waals surface area contributed by atoms with Gasteiger partial charge in [0.15, 0.2) is 0 Å². The van der Waals surface area contributed by atoms with Crippen LogP contribution in [0.1, 0.15) is 5.69 Å². The summed E-state index contributed by atoms with van der Waals surface area (Å²) < 4.78 is 14.9. The van der Waals surface area contributed by atoms with Gasteiger partial charge >= 0.3 is 0 Å². The summed E-state index contributed by atoms with van der Waals surface area (Å²) in [6, 6.07) is 6.28. The summed E-state index contributed by atoms with van der Waals surface area (Å²) in [5.41, 5.74) is 5.04. The lowest BCUT2D eigenvalue weighted by molar-refractivity contribution is 0.626. The third kappa shape index (κ3) is 3.93. The molecule has 2 rings (SSSR count). The maximum atomic E-state index is 13.1. The van der Waals surface area contributed by atoms with Crippen LogP contribution in [0.2, 0.25) is 39.3 Å². The monoisotopic (exact) mass is 331 g/mol. The Balaban J connectivity index is 2.62. The zero-order chi connectivity index (χ0) is 16.5. The van der Waals surface area contributed by atoms with Gasteiger partial charge in [0.05, 0.1) is 11.0 Å². The molecule has 1 aromatic carbocycles. The summed E-state index contributed by atoms with van der Waals surface area (Å²) in [7, 11) is -3.16. The van der Waals surface area contributed by atoms with Crippen LogP contribution in [0.3, 0.4) is 0 Å². The molecule has 0 saturated heterocycles. The number of hydrogen-bond acceptors (Lipinski definition) is 2. The van der Waals surface area contributed by atoms with Crippen LogP contribution in [-0.2, 0) is 0 Å². The first kappa shape index (κ1) is 16.7. The van der Waals surface area contributed by atoms with Crippen LogP contribution in [0.5, 0.6) is 0 Å². The Morgan fingerprint density at radius 1 is 1.00 bits per heavy atom. The van der Waals surface area contributed by atoms with Crippen LogP contribution < -0.4 is 5.32 Å². The van der Waals surface area contributed by atoms with E-state index in [2.05, 4.69) is 61.1 Å². The topological polar surface area (TPSA) is 30.7 Å². The molecule has 1 aromatic heterocycles. The number of hydrogen-bond donors (Lipinski definition) is 0. The van der Waals surface area contributed by atoms with Gasteiger partial charge in [-0.25, -0.2) is 9.07 Å². The molecule has 0 amide bonds. The van der Waals surface area contributed by atoms with Crippen molar-refractivity contribution in [1.29, 1.82) is 0 Å². The summed E-state index contributed by atoms with van der Waals surface area (Å²) in [5.74, 6) is 3.05. The fourth-order valence-corrected chi connectivity index (χ4v) is 3.63. The van der Waals surface area contributed by atoms with Crippen molar-refractivity contribution in [2.24, 2.45) is 0 Å². The molecule has 0 N–H and O–H groups in total. The second-order valence-electron chi connectivity index (χ2n) is 7.42. The Kier molecular flexibility index (Phi) is 4.40. The standard InChI is InChI=1S/C16H22FN3Si2/c1-21(2,3)12-11-15-16(22(4,5)6)18-19-20(15)14-9-7-13(17)8-10-14/h7-10H,1-6H3. The molecular weight excluding hydrogens is 309 g/mol. The van der Waals surface area contributed by atoms with E-state index in [0.717, 1.165) is 16.7 Å². The van der Waals surface area contributed by atoms with Gasteiger partial charge in [0.25, 0.3) is 0 Å². The molecule has 0 aliphatic heterocycles. The first-order chi connectivity index (χ1) is 10.1. The minimum atomic E-state index is -1.65. The highest BCUT2D eigenvalue weighted by atomic mass is 28.3. The van der Waals surface area contributed by atoms with Crippen LogP contribution >= 0.6 is 0 Å². The third-order valence-electron chi connectivity index (χ3n) is 3.01. The second-order valence-corrected chi connectivity index (χ2v) is 17.1. The number of rotatable bonds is 2. The fraction of sp³-hybridized carbons (Fsp3) is 0.375. The molecule has 0 bridgehead atoms. The fourth-order valence-electron chi connectivity index (χ4n) is 1.91. The van der Waals surface area contributed by atoms with Crippen molar-refractivity contribution in [3.05, 3.63) is 35.8 Å². The van der Waals surface area contributed by atoms with Gasteiger partial charge in [0, 0.05) is 0 Å². The van der Waals surface area contributed by atoms with Gasteiger partial charge < -0.3 is 0 Å². The van der Waals surface area contributed by atoms with Crippen molar-refractivity contribution in [3.8, 4) is 17.2 Å². The molecule has 0 unspecified atom stereocenters. The van der Waals surface area contributed by atoms with Crippen molar-refractivity contribution in [2.75, 3.05) is 0 Å². The molecule has 22 heavy (non-hydrogen) atoms. The van der Waals surface area contributed by atoms with Gasteiger partial charge in [-0.15, -0.1) is 10.6 Å². The van der Waals surface area contributed by atoms with Crippen LogP contribution in [0.4, 0.5) is 4.39 Å². The molecule has 0 radical (unpaired) electrons. The highest BCUT2D eigenvalue weighted by molar-refractivity contribution is 6.88. The molecule has 0 aliphatic rings. The number of nitrogens with zero attached hydrogens (tertiary/aromatic N) is 3. The van der Waals surface area contributed by atoms with Crippen LogP contribution in [0, 0.1) is 17.3 Å². The number of aromatic nitrogens is 3. The van der Waals surface area contributed by atoms with Gasteiger partial charge in [-0.1, -0.05) is 50.4 Å². The highest BCUT2D eigenvalue weighted by Crippen LogP contribution is 2.12. The maximum absolute atomic E-state index is 13.1. The molecule has 0 spiro atoms. The largest absolute Gasteiger partial charge is 0.207 e.